The number of hydrogen-bond acceptors (Lipinski definition) is 4. The molecule has 1 atom stereocenters. The minimum Gasteiger partial charge on any atom is -0.480 e. The Labute approximate surface area is 161 Å². The smallest absolute Gasteiger partial charge is 0.329 e. The summed E-state index contributed by atoms with van der Waals surface area (Å²) >= 11 is 1.46. The fourth-order valence-corrected chi connectivity index (χ4v) is 3.62. The highest BCUT2D eigenvalue weighted by molar-refractivity contribution is 7.13. The van der Waals surface area contributed by atoms with E-state index in [4.69, 9.17) is 0 Å². The third-order valence-corrected chi connectivity index (χ3v) is 5.14. The van der Waals surface area contributed by atoms with E-state index in [1.165, 1.54) is 18.3 Å². The number of nitrogens with one attached hydrogen (secondary N) is 1. The van der Waals surface area contributed by atoms with Crippen LogP contribution in [0.2, 0.25) is 0 Å². The second kappa shape index (κ2) is 8.14. The first-order valence-electron chi connectivity index (χ1n) is 8.54. The van der Waals surface area contributed by atoms with E-state index in [0.29, 0.717) is 5.69 Å². The summed E-state index contributed by atoms with van der Waals surface area (Å²) in [7, 11) is 0. The number of nitrogens with zero attached hydrogens (tertiary/aromatic N) is 1. The Bertz CT molecular complexity index is 925. The quantitative estimate of drug-likeness (QED) is 0.657. The summed E-state index contributed by atoms with van der Waals surface area (Å²) in [4.78, 5) is 28.7. The first-order chi connectivity index (χ1) is 13.0. The third kappa shape index (κ3) is 4.80. The fraction of sp³-hybridized carbons (Fsp3) is 0.190. The maximum atomic E-state index is 12.5. The van der Waals surface area contributed by atoms with Crippen molar-refractivity contribution in [2.24, 2.45) is 0 Å². The maximum absolute atomic E-state index is 12.5. The topological polar surface area (TPSA) is 79.3 Å². The van der Waals surface area contributed by atoms with Gasteiger partial charge in [-0.1, -0.05) is 60.7 Å². The Kier molecular flexibility index (Phi) is 5.66. The number of carbonyl (C=O) groups is 2. The first kappa shape index (κ1) is 18.8. The lowest BCUT2D eigenvalue weighted by Crippen LogP contribution is -2.54. The van der Waals surface area contributed by atoms with Crippen molar-refractivity contribution in [3.8, 4) is 10.6 Å². The molecule has 1 amide bonds. The molecule has 0 bridgehead atoms. The van der Waals surface area contributed by atoms with Gasteiger partial charge in [0.25, 0.3) is 0 Å². The fourth-order valence-electron chi connectivity index (χ4n) is 2.80. The van der Waals surface area contributed by atoms with Gasteiger partial charge in [0.05, 0.1) is 12.1 Å². The Morgan fingerprint density at radius 2 is 1.70 bits per heavy atom. The number of rotatable bonds is 7. The molecule has 0 aliphatic rings. The molecule has 5 nitrogen and oxygen atoms in total. The number of amides is 1. The molecule has 1 unspecified atom stereocenters. The highest BCUT2D eigenvalue weighted by atomic mass is 32.1. The van der Waals surface area contributed by atoms with Crippen molar-refractivity contribution in [3.63, 3.8) is 0 Å². The normalized spacial score (nSPS) is 12.9. The molecule has 2 aromatic carbocycles. The van der Waals surface area contributed by atoms with Gasteiger partial charge in [0.15, 0.2) is 0 Å². The van der Waals surface area contributed by atoms with Crippen molar-refractivity contribution in [2.45, 2.75) is 25.3 Å². The number of aliphatic carboxylic acids is 1. The van der Waals surface area contributed by atoms with Crippen LogP contribution >= 0.6 is 11.3 Å². The number of thiazole rings is 1. The van der Waals surface area contributed by atoms with Gasteiger partial charge in [-0.3, -0.25) is 4.79 Å². The van der Waals surface area contributed by atoms with Crippen LogP contribution in [0.1, 0.15) is 18.2 Å². The summed E-state index contributed by atoms with van der Waals surface area (Å²) in [5, 5.41) is 15.0. The number of carbonyl (C=O) groups excluding carboxylic acids is 1. The van der Waals surface area contributed by atoms with Crippen LogP contribution < -0.4 is 5.32 Å². The lowest BCUT2D eigenvalue weighted by atomic mass is 9.92. The van der Waals surface area contributed by atoms with Crippen LogP contribution in [-0.4, -0.2) is 27.5 Å². The molecule has 0 saturated heterocycles. The van der Waals surface area contributed by atoms with E-state index in [-0.39, 0.29) is 18.7 Å². The Morgan fingerprint density at radius 1 is 1.07 bits per heavy atom. The third-order valence-electron chi connectivity index (χ3n) is 4.20. The molecule has 2 N–H and O–H groups in total. The van der Waals surface area contributed by atoms with E-state index >= 15 is 0 Å². The van der Waals surface area contributed by atoms with E-state index < -0.39 is 11.5 Å². The summed E-state index contributed by atoms with van der Waals surface area (Å²) in [6.07, 6.45) is 0.252. The molecule has 0 spiro atoms. The monoisotopic (exact) mass is 380 g/mol. The molecule has 3 rings (SSSR count). The van der Waals surface area contributed by atoms with E-state index in [0.717, 1.165) is 16.1 Å². The Hall–Kier alpha value is -2.99. The largest absolute Gasteiger partial charge is 0.480 e. The molecule has 1 heterocycles. The lowest BCUT2D eigenvalue weighted by molar-refractivity contribution is -0.146. The maximum Gasteiger partial charge on any atom is 0.329 e. The van der Waals surface area contributed by atoms with Crippen molar-refractivity contribution in [2.75, 3.05) is 0 Å². The molecular weight excluding hydrogens is 360 g/mol. The van der Waals surface area contributed by atoms with Gasteiger partial charge in [-0.05, 0) is 12.5 Å². The zero-order valence-corrected chi connectivity index (χ0v) is 15.7. The van der Waals surface area contributed by atoms with Gasteiger partial charge in [-0.25, -0.2) is 9.78 Å². The van der Waals surface area contributed by atoms with Crippen molar-refractivity contribution >= 4 is 23.2 Å². The van der Waals surface area contributed by atoms with Crippen LogP contribution in [-0.2, 0) is 22.4 Å². The van der Waals surface area contributed by atoms with Crippen LogP contribution in [0.5, 0.6) is 0 Å². The summed E-state index contributed by atoms with van der Waals surface area (Å²) in [5.74, 6) is -1.43. The minimum absolute atomic E-state index is 0.0427. The molecule has 3 aromatic rings. The average Bonchev–Trinajstić information content (AvgIpc) is 3.11. The lowest BCUT2D eigenvalue weighted by Gasteiger charge is -2.26. The summed E-state index contributed by atoms with van der Waals surface area (Å²) in [6, 6.07) is 19.0. The zero-order chi connectivity index (χ0) is 19.3. The molecule has 27 heavy (non-hydrogen) atoms. The average molecular weight is 380 g/mol. The van der Waals surface area contributed by atoms with Gasteiger partial charge in [0.2, 0.25) is 5.91 Å². The summed E-state index contributed by atoms with van der Waals surface area (Å²) in [5.41, 5.74) is 1.09. The number of hydrogen-bond donors (Lipinski definition) is 2. The Morgan fingerprint density at radius 3 is 2.33 bits per heavy atom. The number of benzene rings is 2. The van der Waals surface area contributed by atoms with Gasteiger partial charge < -0.3 is 10.4 Å². The molecule has 1 aromatic heterocycles. The van der Waals surface area contributed by atoms with E-state index in [9.17, 15) is 14.7 Å². The molecule has 6 heteroatoms. The highest BCUT2D eigenvalue weighted by Gasteiger charge is 2.35. The standard InChI is InChI=1S/C21H20N2O3S/c1-21(20(25)26,13-15-8-4-2-5-9-15)23-18(24)12-17-14-27-19(22-17)16-10-6-3-7-11-16/h2-11,14H,12-13H2,1H3,(H,23,24)(H,25,26). The highest BCUT2D eigenvalue weighted by Crippen LogP contribution is 2.23. The second-order valence-electron chi connectivity index (χ2n) is 6.53. The van der Waals surface area contributed by atoms with Gasteiger partial charge in [0, 0.05) is 17.4 Å². The molecular formula is C21H20N2O3S. The van der Waals surface area contributed by atoms with Crippen molar-refractivity contribution in [1.82, 2.24) is 10.3 Å². The number of carboxylic acid groups (broad SMARTS) is 1. The molecule has 0 fully saturated rings. The van der Waals surface area contributed by atoms with E-state index in [2.05, 4.69) is 10.3 Å². The van der Waals surface area contributed by atoms with Crippen molar-refractivity contribution in [1.29, 1.82) is 0 Å². The van der Waals surface area contributed by atoms with Crippen molar-refractivity contribution < 1.29 is 14.7 Å². The first-order valence-corrected chi connectivity index (χ1v) is 9.42. The zero-order valence-electron chi connectivity index (χ0n) is 14.9. The van der Waals surface area contributed by atoms with Crippen LogP contribution in [0.25, 0.3) is 10.6 Å². The summed E-state index contributed by atoms with van der Waals surface area (Å²) in [6.45, 7) is 1.52. The molecule has 0 saturated carbocycles. The molecule has 0 aliphatic heterocycles. The van der Waals surface area contributed by atoms with E-state index in [1.807, 2.05) is 66.0 Å². The van der Waals surface area contributed by atoms with Crippen LogP contribution in [0, 0.1) is 0 Å². The SMILES string of the molecule is CC(Cc1ccccc1)(NC(=O)Cc1csc(-c2ccccc2)n1)C(=O)O. The second-order valence-corrected chi connectivity index (χ2v) is 7.39. The van der Waals surface area contributed by atoms with Gasteiger partial charge >= 0.3 is 5.97 Å². The van der Waals surface area contributed by atoms with Crippen LogP contribution in [0.4, 0.5) is 0 Å². The van der Waals surface area contributed by atoms with E-state index in [1.54, 1.807) is 0 Å². The summed E-state index contributed by atoms with van der Waals surface area (Å²) < 4.78 is 0. The molecule has 0 aliphatic carbocycles. The number of carboxylic acids is 1. The Balaban J connectivity index is 1.68. The molecule has 138 valence electrons. The number of aromatic nitrogens is 1. The minimum atomic E-state index is -1.38. The van der Waals surface area contributed by atoms with Gasteiger partial charge in [-0.2, -0.15) is 0 Å². The predicted octanol–water partition coefficient (Wildman–Crippen LogP) is 3.55. The van der Waals surface area contributed by atoms with Crippen LogP contribution in [0.3, 0.4) is 0 Å². The predicted molar refractivity (Wildman–Crippen MR) is 106 cm³/mol. The van der Waals surface area contributed by atoms with Crippen molar-refractivity contribution in [3.05, 3.63) is 77.3 Å². The van der Waals surface area contributed by atoms with Gasteiger partial charge in [0.1, 0.15) is 10.5 Å². The van der Waals surface area contributed by atoms with Gasteiger partial charge in [-0.15, -0.1) is 11.3 Å². The van der Waals surface area contributed by atoms with Crippen LogP contribution in [0.15, 0.2) is 66.0 Å². The molecule has 0 radical (unpaired) electrons.